The van der Waals surface area contributed by atoms with Gasteiger partial charge in [0.1, 0.15) is 6.61 Å². The highest BCUT2D eigenvalue weighted by molar-refractivity contribution is 7.84. The van der Waals surface area contributed by atoms with Crippen LogP contribution in [0.5, 0.6) is 0 Å². The first-order chi connectivity index (χ1) is 9.02. The number of carbonyl (C=O) groups excluding carboxylic acids is 1. The van der Waals surface area contributed by atoms with Gasteiger partial charge in [0.15, 0.2) is 0 Å². The van der Waals surface area contributed by atoms with Crippen LogP contribution in [0.25, 0.3) is 0 Å². The van der Waals surface area contributed by atoms with Gasteiger partial charge >= 0.3 is 6.09 Å². The standard InChI is InChI=1S/C12H14N2O4S/c1-2-11(19)7-13-12(15)18-8-9-3-5-10(6-4-9)14(16)17/h2-6,19H,7-8H2,1H3,(H,13,15)/b11-2-. The normalized spacial score (nSPS) is 10.9. The second kappa shape index (κ2) is 7.42. The van der Waals surface area contributed by atoms with Crippen LogP contribution in [0.2, 0.25) is 0 Å². The minimum atomic E-state index is -0.563. The van der Waals surface area contributed by atoms with Gasteiger partial charge in [0.2, 0.25) is 0 Å². The predicted molar refractivity (Wildman–Crippen MR) is 74.0 cm³/mol. The number of non-ortho nitro benzene ring substituents is 1. The first-order valence-electron chi connectivity index (χ1n) is 5.51. The lowest BCUT2D eigenvalue weighted by Crippen LogP contribution is -2.25. The fourth-order valence-corrected chi connectivity index (χ4v) is 1.26. The molecular weight excluding hydrogens is 268 g/mol. The Morgan fingerprint density at radius 2 is 2.11 bits per heavy atom. The summed E-state index contributed by atoms with van der Waals surface area (Å²) in [6.45, 7) is 2.17. The second-order valence-corrected chi connectivity index (χ2v) is 4.21. The quantitative estimate of drug-likeness (QED) is 0.494. The van der Waals surface area contributed by atoms with Crippen LogP contribution in [0.15, 0.2) is 35.2 Å². The molecule has 0 unspecified atom stereocenters. The largest absolute Gasteiger partial charge is 0.445 e. The van der Waals surface area contributed by atoms with Crippen LogP contribution in [0.4, 0.5) is 10.5 Å². The Balaban J connectivity index is 2.40. The van der Waals surface area contributed by atoms with Gasteiger partial charge in [0, 0.05) is 12.1 Å². The first kappa shape index (κ1) is 15.0. The highest BCUT2D eigenvalue weighted by atomic mass is 32.1. The maximum atomic E-state index is 11.3. The molecule has 7 heteroatoms. The Kier molecular flexibility index (Phi) is 5.87. The van der Waals surface area contributed by atoms with Crippen molar-refractivity contribution in [2.75, 3.05) is 6.54 Å². The molecule has 0 spiro atoms. The highest BCUT2D eigenvalue weighted by Gasteiger charge is 2.06. The molecule has 0 fully saturated rings. The number of allylic oxidation sites excluding steroid dienone is 1. The number of nitrogens with zero attached hydrogens (tertiary/aromatic N) is 1. The number of nitrogens with one attached hydrogen (secondary N) is 1. The second-order valence-electron chi connectivity index (χ2n) is 3.63. The molecule has 0 aliphatic rings. The smallest absolute Gasteiger partial charge is 0.407 e. The molecule has 1 N–H and O–H groups in total. The average Bonchev–Trinajstić information content (AvgIpc) is 2.42. The van der Waals surface area contributed by atoms with E-state index in [1.54, 1.807) is 18.2 Å². The number of thiol groups is 1. The van der Waals surface area contributed by atoms with E-state index in [4.69, 9.17) is 4.74 Å². The zero-order valence-electron chi connectivity index (χ0n) is 10.3. The minimum Gasteiger partial charge on any atom is -0.445 e. The number of hydrogen-bond acceptors (Lipinski definition) is 5. The Labute approximate surface area is 116 Å². The molecule has 0 saturated carbocycles. The van der Waals surface area contributed by atoms with Gasteiger partial charge in [-0.2, -0.15) is 0 Å². The Hall–Kier alpha value is -2.02. The summed E-state index contributed by atoms with van der Waals surface area (Å²) in [5.74, 6) is 0. The zero-order chi connectivity index (χ0) is 14.3. The number of rotatable bonds is 5. The number of nitro groups is 1. The topological polar surface area (TPSA) is 81.5 Å². The molecule has 0 aliphatic heterocycles. The van der Waals surface area contributed by atoms with Crippen molar-refractivity contribution < 1.29 is 14.5 Å². The lowest BCUT2D eigenvalue weighted by Gasteiger charge is -2.06. The molecule has 0 heterocycles. The number of amides is 1. The summed E-state index contributed by atoms with van der Waals surface area (Å²) < 4.78 is 4.94. The number of benzene rings is 1. The molecule has 102 valence electrons. The number of hydrogen-bond donors (Lipinski definition) is 2. The van der Waals surface area contributed by atoms with Gasteiger partial charge in [0.25, 0.3) is 5.69 Å². The highest BCUT2D eigenvalue weighted by Crippen LogP contribution is 2.12. The van der Waals surface area contributed by atoms with Crippen LogP contribution in [0.1, 0.15) is 12.5 Å². The number of ether oxygens (including phenoxy) is 1. The van der Waals surface area contributed by atoms with Crippen molar-refractivity contribution in [1.29, 1.82) is 0 Å². The van der Waals surface area contributed by atoms with Crippen LogP contribution in [-0.4, -0.2) is 17.6 Å². The molecule has 1 rings (SSSR count). The van der Waals surface area contributed by atoms with E-state index in [0.717, 1.165) is 4.91 Å². The minimum absolute atomic E-state index is 0.000926. The fraction of sp³-hybridized carbons (Fsp3) is 0.250. The third kappa shape index (κ3) is 5.43. The van der Waals surface area contributed by atoms with E-state index >= 15 is 0 Å². The molecule has 0 bridgehead atoms. The fourth-order valence-electron chi connectivity index (χ4n) is 1.18. The summed E-state index contributed by atoms with van der Waals surface area (Å²) in [5.41, 5.74) is 0.680. The van der Waals surface area contributed by atoms with E-state index in [9.17, 15) is 14.9 Å². The number of alkyl carbamates (subject to hydrolysis) is 1. The predicted octanol–water partition coefficient (Wildman–Crippen LogP) is 2.65. The van der Waals surface area contributed by atoms with E-state index < -0.39 is 11.0 Å². The summed E-state index contributed by atoms with van der Waals surface area (Å²) in [5, 5.41) is 13.0. The molecule has 1 amide bonds. The van der Waals surface area contributed by atoms with Crippen molar-refractivity contribution in [3.63, 3.8) is 0 Å². The zero-order valence-corrected chi connectivity index (χ0v) is 11.2. The lowest BCUT2D eigenvalue weighted by atomic mass is 10.2. The van der Waals surface area contributed by atoms with Crippen molar-refractivity contribution in [2.45, 2.75) is 13.5 Å². The molecule has 6 nitrogen and oxygen atoms in total. The van der Waals surface area contributed by atoms with Crippen molar-refractivity contribution in [2.24, 2.45) is 0 Å². The summed E-state index contributed by atoms with van der Waals surface area (Å²) in [4.78, 5) is 22.0. The Morgan fingerprint density at radius 3 is 2.63 bits per heavy atom. The maximum absolute atomic E-state index is 11.3. The lowest BCUT2D eigenvalue weighted by molar-refractivity contribution is -0.384. The van der Waals surface area contributed by atoms with E-state index in [1.165, 1.54) is 12.1 Å². The summed E-state index contributed by atoms with van der Waals surface area (Å²) in [7, 11) is 0. The molecular formula is C12H14N2O4S. The molecule has 19 heavy (non-hydrogen) atoms. The molecule has 0 aromatic heterocycles. The van der Waals surface area contributed by atoms with Crippen LogP contribution in [0, 0.1) is 10.1 Å². The number of carbonyl (C=O) groups is 1. The van der Waals surface area contributed by atoms with Gasteiger partial charge in [0.05, 0.1) is 11.5 Å². The van der Waals surface area contributed by atoms with E-state index in [2.05, 4.69) is 17.9 Å². The van der Waals surface area contributed by atoms with Crippen molar-refractivity contribution in [3.05, 3.63) is 50.9 Å². The van der Waals surface area contributed by atoms with Gasteiger partial charge in [-0.15, -0.1) is 12.6 Å². The molecule has 1 aromatic carbocycles. The van der Waals surface area contributed by atoms with Crippen LogP contribution >= 0.6 is 12.6 Å². The Bertz CT molecular complexity index is 485. The van der Waals surface area contributed by atoms with Crippen molar-refractivity contribution in [3.8, 4) is 0 Å². The van der Waals surface area contributed by atoms with Gasteiger partial charge < -0.3 is 10.1 Å². The molecule has 1 aromatic rings. The summed E-state index contributed by atoms with van der Waals surface area (Å²) in [6, 6.07) is 5.81. The number of nitro benzene ring substituents is 1. The third-order valence-corrected chi connectivity index (χ3v) is 2.68. The van der Waals surface area contributed by atoms with Crippen LogP contribution in [0.3, 0.4) is 0 Å². The summed E-state index contributed by atoms with van der Waals surface area (Å²) >= 11 is 4.10. The van der Waals surface area contributed by atoms with Gasteiger partial charge in [-0.3, -0.25) is 10.1 Å². The molecule has 0 saturated heterocycles. The Morgan fingerprint density at radius 1 is 1.47 bits per heavy atom. The maximum Gasteiger partial charge on any atom is 0.407 e. The first-order valence-corrected chi connectivity index (χ1v) is 5.95. The summed E-state index contributed by atoms with van der Waals surface area (Å²) in [6.07, 6.45) is 1.20. The SMILES string of the molecule is C/C=C(\S)CNC(=O)OCc1ccc([N+](=O)[O-])cc1. The van der Waals surface area contributed by atoms with E-state index in [-0.39, 0.29) is 12.3 Å². The van der Waals surface area contributed by atoms with Crippen LogP contribution in [-0.2, 0) is 11.3 Å². The molecule has 0 atom stereocenters. The van der Waals surface area contributed by atoms with Gasteiger partial charge in [-0.1, -0.05) is 6.08 Å². The van der Waals surface area contributed by atoms with Crippen molar-refractivity contribution >= 4 is 24.4 Å². The van der Waals surface area contributed by atoms with E-state index in [1.807, 2.05) is 6.92 Å². The van der Waals surface area contributed by atoms with Gasteiger partial charge in [-0.05, 0) is 29.5 Å². The third-order valence-electron chi connectivity index (χ3n) is 2.26. The molecule has 0 aliphatic carbocycles. The van der Waals surface area contributed by atoms with E-state index in [0.29, 0.717) is 12.1 Å². The average molecular weight is 282 g/mol. The van der Waals surface area contributed by atoms with Gasteiger partial charge in [-0.25, -0.2) is 4.79 Å². The van der Waals surface area contributed by atoms with Crippen molar-refractivity contribution in [1.82, 2.24) is 5.32 Å². The molecule has 0 radical (unpaired) electrons. The van der Waals surface area contributed by atoms with Crippen LogP contribution < -0.4 is 5.32 Å². The monoisotopic (exact) mass is 282 g/mol.